The average Bonchev–Trinajstić information content (AvgIpc) is 2.28. The van der Waals surface area contributed by atoms with Crippen molar-refractivity contribution in [2.24, 2.45) is 0 Å². The Bertz CT molecular complexity index is 299. The van der Waals surface area contributed by atoms with Crippen LogP contribution in [0, 0.1) is 0 Å². The molecule has 15 heavy (non-hydrogen) atoms. The van der Waals surface area contributed by atoms with Gasteiger partial charge in [-0.2, -0.15) is 0 Å². The Kier molecular flexibility index (Phi) is 4.56. The summed E-state index contributed by atoms with van der Waals surface area (Å²) in [6.45, 7) is 5.37. The molecule has 1 N–H and O–H groups in total. The van der Waals surface area contributed by atoms with E-state index in [-0.39, 0.29) is 0 Å². The lowest BCUT2D eigenvalue weighted by molar-refractivity contribution is 0.651. The lowest BCUT2D eigenvalue weighted by atomic mass is 10.1. The smallest absolute Gasteiger partial charge is 0.128 e. The third-order valence-electron chi connectivity index (χ3n) is 2.65. The third-order valence-corrected chi connectivity index (χ3v) is 2.65. The first-order valence-electron chi connectivity index (χ1n) is 5.53. The van der Waals surface area contributed by atoms with Crippen molar-refractivity contribution in [3.63, 3.8) is 0 Å². The van der Waals surface area contributed by atoms with E-state index >= 15 is 0 Å². The first kappa shape index (κ1) is 12.0. The van der Waals surface area contributed by atoms with Crippen molar-refractivity contribution in [2.75, 3.05) is 25.5 Å². The fraction of sp³-hybridized carbons (Fsp3) is 0.583. The number of nitrogens with zero attached hydrogens (tertiary/aromatic N) is 2. The molecule has 84 valence electrons. The Morgan fingerprint density at radius 1 is 1.53 bits per heavy atom. The normalized spacial score (nSPS) is 12.5. The first-order valence-corrected chi connectivity index (χ1v) is 5.53. The van der Waals surface area contributed by atoms with Crippen molar-refractivity contribution >= 4 is 5.82 Å². The van der Waals surface area contributed by atoms with Gasteiger partial charge in [-0.3, -0.25) is 0 Å². The number of rotatable bonds is 5. The SMILES string of the molecule is CCCN(C)c1cc(C(C)NC)ccn1. The molecule has 1 unspecified atom stereocenters. The van der Waals surface area contributed by atoms with Gasteiger partial charge < -0.3 is 10.2 Å². The maximum absolute atomic E-state index is 4.37. The molecule has 1 rings (SSSR count). The molecule has 0 saturated carbocycles. The summed E-state index contributed by atoms with van der Waals surface area (Å²) in [4.78, 5) is 6.56. The highest BCUT2D eigenvalue weighted by Crippen LogP contribution is 2.16. The van der Waals surface area contributed by atoms with Crippen LogP contribution in [-0.2, 0) is 0 Å². The summed E-state index contributed by atoms with van der Waals surface area (Å²) in [5.74, 6) is 1.05. The van der Waals surface area contributed by atoms with Gasteiger partial charge in [-0.05, 0) is 38.1 Å². The molecule has 0 radical (unpaired) electrons. The van der Waals surface area contributed by atoms with Gasteiger partial charge in [-0.15, -0.1) is 0 Å². The topological polar surface area (TPSA) is 28.2 Å². The predicted octanol–water partition coefficient (Wildman–Crippen LogP) is 2.21. The van der Waals surface area contributed by atoms with Gasteiger partial charge in [-0.1, -0.05) is 6.92 Å². The second-order valence-electron chi connectivity index (χ2n) is 3.88. The van der Waals surface area contributed by atoms with E-state index in [0.717, 1.165) is 18.8 Å². The van der Waals surface area contributed by atoms with Crippen LogP contribution in [0.1, 0.15) is 31.9 Å². The molecule has 0 saturated heterocycles. The first-order chi connectivity index (χ1) is 7.19. The maximum atomic E-state index is 4.37. The Morgan fingerprint density at radius 2 is 2.27 bits per heavy atom. The van der Waals surface area contributed by atoms with Crippen LogP contribution in [0.25, 0.3) is 0 Å². The molecule has 0 bridgehead atoms. The molecule has 0 aliphatic rings. The minimum absolute atomic E-state index is 0.377. The predicted molar refractivity (Wildman–Crippen MR) is 65.3 cm³/mol. The second-order valence-corrected chi connectivity index (χ2v) is 3.88. The summed E-state index contributed by atoms with van der Waals surface area (Å²) in [6, 6.07) is 4.59. The van der Waals surface area contributed by atoms with Gasteiger partial charge in [0.15, 0.2) is 0 Å². The molecule has 3 heteroatoms. The van der Waals surface area contributed by atoms with E-state index < -0.39 is 0 Å². The fourth-order valence-corrected chi connectivity index (χ4v) is 1.53. The second kappa shape index (κ2) is 5.71. The quantitative estimate of drug-likeness (QED) is 0.802. The highest BCUT2D eigenvalue weighted by atomic mass is 15.2. The minimum atomic E-state index is 0.377. The highest BCUT2D eigenvalue weighted by Gasteiger charge is 2.06. The van der Waals surface area contributed by atoms with Crippen LogP contribution in [0.5, 0.6) is 0 Å². The van der Waals surface area contributed by atoms with Crippen LogP contribution >= 0.6 is 0 Å². The van der Waals surface area contributed by atoms with E-state index in [1.54, 1.807) is 0 Å². The summed E-state index contributed by atoms with van der Waals surface area (Å²) in [7, 11) is 4.06. The van der Waals surface area contributed by atoms with Crippen molar-refractivity contribution in [1.29, 1.82) is 0 Å². The van der Waals surface area contributed by atoms with Crippen molar-refractivity contribution in [1.82, 2.24) is 10.3 Å². The standard InChI is InChI=1S/C12H21N3/c1-5-8-15(4)12-9-11(6-7-14-12)10(2)13-3/h6-7,9-10,13H,5,8H2,1-4H3. The minimum Gasteiger partial charge on any atom is -0.360 e. The molecule has 1 heterocycles. The van der Waals surface area contributed by atoms with Crippen molar-refractivity contribution in [2.45, 2.75) is 26.3 Å². The summed E-state index contributed by atoms with van der Waals surface area (Å²) >= 11 is 0. The number of anilines is 1. The average molecular weight is 207 g/mol. The molecule has 0 fully saturated rings. The Hall–Kier alpha value is -1.09. The van der Waals surface area contributed by atoms with Gasteiger partial charge in [-0.25, -0.2) is 4.98 Å². The van der Waals surface area contributed by atoms with Gasteiger partial charge in [0.2, 0.25) is 0 Å². The zero-order chi connectivity index (χ0) is 11.3. The molecule has 0 aliphatic heterocycles. The Balaban J connectivity index is 2.82. The number of hydrogen-bond donors (Lipinski definition) is 1. The molecule has 0 amide bonds. The van der Waals surface area contributed by atoms with Gasteiger partial charge in [0, 0.05) is 25.8 Å². The number of nitrogens with one attached hydrogen (secondary N) is 1. The van der Waals surface area contributed by atoms with Gasteiger partial charge >= 0.3 is 0 Å². The maximum Gasteiger partial charge on any atom is 0.128 e. The van der Waals surface area contributed by atoms with E-state index in [1.165, 1.54) is 5.56 Å². The lowest BCUT2D eigenvalue weighted by Gasteiger charge is -2.19. The van der Waals surface area contributed by atoms with Gasteiger partial charge in [0.05, 0.1) is 0 Å². The van der Waals surface area contributed by atoms with Crippen LogP contribution in [-0.4, -0.2) is 25.6 Å². The van der Waals surface area contributed by atoms with Crippen molar-refractivity contribution < 1.29 is 0 Å². The van der Waals surface area contributed by atoms with E-state index in [9.17, 15) is 0 Å². The molecule has 0 aliphatic carbocycles. The van der Waals surface area contributed by atoms with Crippen LogP contribution in [0.4, 0.5) is 5.82 Å². The summed E-state index contributed by atoms with van der Waals surface area (Å²) < 4.78 is 0. The highest BCUT2D eigenvalue weighted by molar-refractivity contribution is 5.40. The summed E-state index contributed by atoms with van der Waals surface area (Å²) in [6.07, 6.45) is 3.02. The zero-order valence-corrected chi connectivity index (χ0v) is 10.1. The number of pyridine rings is 1. The van der Waals surface area contributed by atoms with Crippen molar-refractivity contribution in [3.05, 3.63) is 23.9 Å². The molecule has 0 spiro atoms. The van der Waals surface area contributed by atoms with E-state index in [2.05, 4.69) is 48.2 Å². The molecule has 1 atom stereocenters. The molecule has 3 nitrogen and oxygen atoms in total. The third kappa shape index (κ3) is 3.20. The van der Waals surface area contributed by atoms with Crippen LogP contribution in [0.3, 0.4) is 0 Å². The molecular formula is C12H21N3. The van der Waals surface area contributed by atoms with Gasteiger partial charge in [0.25, 0.3) is 0 Å². The number of hydrogen-bond acceptors (Lipinski definition) is 3. The van der Waals surface area contributed by atoms with Gasteiger partial charge in [0.1, 0.15) is 5.82 Å². The Labute approximate surface area is 92.5 Å². The Morgan fingerprint density at radius 3 is 2.87 bits per heavy atom. The number of aromatic nitrogens is 1. The summed E-state index contributed by atoms with van der Waals surface area (Å²) in [5, 5.41) is 3.23. The van der Waals surface area contributed by atoms with Crippen LogP contribution in [0.15, 0.2) is 18.3 Å². The molecule has 1 aromatic rings. The molecular weight excluding hydrogens is 186 g/mol. The van der Waals surface area contributed by atoms with Crippen LogP contribution < -0.4 is 10.2 Å². The monoisotopic (exact) mass is 207 g/mol. The lowest BCUT2D eigenvalue weighted by Crippen LogP contribution is -2.20. The fourth-order valence-electron chi connectivity index (χ4n) is 1.53. The van der Waals surface area contributed by atoms with E-state index in [0.29, 0.717) is 6.04 Å². The van der Waals surface area contributed by atoms with E-state index in [4.69, 9.17) is 0 Å². The van der Waals surface area contributed by atoms with Crippen LogP contribution in [0.2, 0.25) is 0 Å². The summed E-state index contributed by atoms with van der Waals surface area (Å²) in [5.41, 5.74) is 1.28. The van der Waals surface area contributed by atoms with Crippen molar-refractivity contribution in [3.8, 4) is 0 Å². The largest absolute Gasteiger partial charge is 0.360 e. The zero-order valence-electron chi connectivity index (χ0n) is 10.1. The molecule has 0 aromatic carbocycles. The van der Waals surface area contributed by atoms with E-state index in [1.807, 2.05) is 13.2 Å². The molecule has 1 aromatic heterocycles.